The molecule has 0 aliphatic heterocycles. The molecule has 0 heterocycles. The maximum absolute atomic E-state index is 13.0. The molecule has 0 aromatic heterocycles. The summed E-state index contributed by atoms with van der Waals surface area (Å²) < 4.78 is 18.8. The van der Waals surface area contributed by atoms with Crippen LogP contribution in [0.2, 0.25) is 0 Å². The van der Waals surface area contributed by atoms with Gasteiger partial charge in [-0.1, -0.05) is 31.2 Å². The molecule has 0 unspecified atom stereocenters. The highest BCUT2D eigenvalue weighted by molar-refractivity contribution is 5.81. The molecule has 3 nitrogen and oxygen atoms in total. The molecule has 0 radical (unpaired) electrons. The van der Waals surface area contributed by atoms with Crippen LogP contribution in [0.5, 0.6) is 5.75 Å². The molecular weight excluding hydrogens is 293 g/mol. The standard InChI is InChI=1S/C19H22FNO2/c1-4-18(23-17-7-5-6-13(2)12-17)19(22)21-14(3)15-8-10-16(20)11-9-15/h5-12,14,18H,4H2,1-3H3,(H,21,22)/t14-,18+/m1/s1. The Bertz CT molecular complexity index is 655. The van der Waals surface area contributed by atoms with Crippen LogP contribution in [0.15, 0.2) is 48.5 Å². The summed E-state index contributed by atoms with van der Waals surface area (Å²) in [6, 6.07) is 13.5. The summed E-state index contributed by atoms with van der Waals surface area (Å²) in [5.74, 6) is 0.216. The normalized spacial score (nSPS) is 13.2. The topological polar surface area (TPSA) is 38.3 Å². The van der Waals surface area contributed by atoms with E-state index in [-0.39, 0.29) is 17.8 Å². The van der Waals surface area contributed by atoms with E-state index in [0.717, 1.165) is 11.1 Å². The van der Waals surface area contributed by atoms with Gasteiger partial charge in [0.1, 0.15) is 11.6 Å². The van der Waals surface area contributed by atoms with Crippen molar-refractivity contribution in [3.63, 3.8) is 0 Å². The number of nitrogens with one attached hydrogen (secondary N) is 1. The second-order valence-corrected chi connectivity index (χ2v) is 5.61. The van der Waals surface area contributed by atoms with Crippen molar-refractivity contribution in [2.75, 3.05) is 0 Å². The van der Waals surface area contributed by atoms with E-state index in [1.165, 1.54) is 12.1 Å². The predicted molar refractivity (Wildman–Crippen MR) is 88.8 cm³/mol. The van der Waals surface area contributed by atoms with Crippen molar-refractivity contribution >= 4 is 5.91 Å². The lowest BCUT2D eigenvalue weighted by atomic mass is 10.1. The molecule has 0 aliphatic carbocycles. The second-order valence-electron chi connectivity index (χ2n) is 5.61. The van der Waals surface area contributed by atoms with Crippen molar-refractivity contribution in [2.45, 2.75) is 39.3 Å². The smallest absolute Gasteiger partial charge is 0.261 e. The number of carbonyl (C=O) groups is 1. The number of benzene rings is 2. The third kappa shape index (κ3) is 4.81. The van der Waals surface area contributed by atoms with Gasteiger partial charge >= 0.3 is 0 Å². The highest BCUT2D eigenvalue weighted by atomic mass is 19.1. The van der Waals surface area contributed by atoms with E-state index >= 15 is 0 Å². The van der Waals surface area contributed by atoms with E-state index in [1.807, 2.05) is 45.0 Å². The van der Waals surface area contributed by atoms with Gasteiger partial charge in [-0.2, -0.15) is 0 Å². The molecule has 2 rings (SSSR count). The van der Waals surface area contributed by atoms with Crippen LogP contribution in [0.3, 0.4) is 0 Å². The van der Waals surface area contributed by atoms with Crippen molar-refractivity contribution in [3.8, 4) is 5.75 Å². The third-order valence-corrected chi connectivity index (χ3v) is 3.66. The van der Waals surface area contributed by atoms with Crippen LogP contribution < -0.4 is 10.1 Å². The predicted octanol–water partition coefficient (Wildman–Crippen LogP) is 4.17. The van der Waals surface area contributed by atoms with E-state index < -0.39 is 6.10 Å². The van der Waals surface area contributed by atoms with Gasteiger partial charge in [0.25, 0.3) is 5.91 Å². The number of amides is 1. The number of rotatable bonds is 6. The average Bonchev–Trinajstić information content (AvgIpc) is 2.53. The number of carbonyl (C=O) groups excluding carboxylic acids is 1. The zero-order chi connectivity index (χ0) is 16.8. The summed E-state index contributed by atoms with van der Waals surface area (Å²) in [7, 11) is 0. The van der Waals surface area contributed by atoms with Gasteiger partial charge in [-0.3, -0.25) is 4.79 Å². The fourth-order valence-electron chi connectivity index (χ4n) is 2.32. The Kier molecular flexibility index (Phi) is 5.74. The Labute approximate surface area is 136 Å². The first-order chi connectivity index (χ1) is 11.0. The van der Waals surface area contributed by atoms with Crippen molar-refractivity contribution < 1.29 is 13.9 Å². The Balaban J connectivity index is 2.00. The van der Waals surface area contributed by atoms with Gasteiger partial charge in [-0.25, -0.2) is 4.39 Å². The van der Waals surface area contributed by atoms with Crippen LogP contribution in [0.4, 0.5) is 4.39 Å². The minimum absolute atomic E-state index is 0.175. The summed E-state index contributed by atoms with van der Waals surface area (Å²) in [6.45, 7) is 5.75. The fraction of sp³-hybridized carbons (Fsp3) is 0.316. The number of hydrogen-bond donors (Lipinski definition) is 1. The SMILES string of the molecule is CC[C@H](Oc1cccc(C)c1)C(=O)N[C@H](C)c1ccc(F)cc1. The van der Waals surface area contributed by atoms with Crippen molar-refractivity contribution in [1.82, 2.24) is 5.32 Å². The maximum atomic E-state index is 13.0. The monoisotopic (exact) mass is 315 g/mol. The van der Waals surface area contributed by atoms with Crippen LogP contribution in [0, 0.1) is 12.7 Å². The first-order valence-electron chi connectivity index (χ1n) is 7.78. The summed E-state index contributed by atoms with van der Waals surface area (Å²) in [4.78, 5) is 12.4. The van der Waals surface area contributed by atoms with Gasteiger partial charge in [-0.15, -0.1) is 0 Å². The highest BCUT2D eigenvalue weighted by Gasteiger charge is 2.20. The molecular formula is C19H22FNO2. The van der Waals surface area contributed by atoms with E-state index in [0.29, 0.717) is 12.2 Å². The van der Waals surface area contributed by atoms with E-state index in [1.54, 1.807) is 12.1 Å². The molecule has 122 valence electrons. The van der Waals surface area contributed by atoms with Crippen LogP contribution in [0.1, 0.15) is 37.4 Å². The molecule has 2 aromatic rings. The first-order valence-corrected chi connectivity index (χ1v) is 7.78. The molecule has 0 saturated heterocycles. The molecule has 23 heavy (non-hydrogen) atoms. The minimum atomic E-state index is -0.556. The summed E-state index contributed by atoms with van der Waals surface area (Å²) in [5, 5.41) is 2.92. The largest absolute Gasteiger partial charge is 0.481 e. The van der Waals surface area contributed by atoms with E-state index in [2.05, 4.69) is 5.32 Å². The second kappa shape index (κ2) is 7.77. The molecule has 0 bridgehead atoms. The van der Waals surface area contributed by atoms with Gasteiger partial charge in [0.15, 0.2) is 6.10 Å². The molecule has 1 N–H and O–H groups in total. The third-order valence-electron chi connectivity index (χ3n) is 3.66. The highest BCUT2D eigenvalue weighted by Crippen LogP contribution is 2.17. The number of halogens is 1. The summed E-state index contributed by atoms with van der Waals surface area (Å²) in [5.41, 5.74) is 1.93. The minimum Gasteiger partial charge on any atom is -0.481 e. The molecule has 0 fully saturated rings. The Morgan fingerprint density at radius 3 is 2.52 bits per heavy atom. The number of aryl methyl sites for hydroxylation is 1. The zero-order valence-corrected chi connectivity index (χ0v) is 13.7. The van der Waals surface area contributed by atoms with Crippen molar-refractivity contribution in [2.24, 2.45) is 0 Å². The lowest BCUT2D eigenvalue weighted by Crippen LogP contribution is -2.39. The van der Waals surface area contributed by atoms with Gasteiger partial charge in [0, 0.05) is 0 Å². The number of hydrogen-bond acceptors (Lipinski definition) is 2. The van der Waals surface area contributed by atoms with Gasteiger partial charge < -0.3 is 10.1 Å². The molecule has 4 heteroatoms. The quantitative estimate of drug-likeness (QED) is 0.869. The van der Waals surface area contributed by atoms with Crippen molar-refractivity contribution in [3.05, 3.63) is 65.5 Å². The summed E-state index contributed by atoms with van der Waals surface area (Å²) >= 11 is 0. The first kappa shape index (κ1) is 17.0. The fourth-order valence-corrected chi connectivity index (χ4v) is 2.32. The zero-order valence-electron chi connectivity index (χ0n) is 13.7. The maximum Gasteiger partial charge on any atom is 0.261 e. The molecule has 0 aliphatic rings. The molecule has 0 saturated carbocycles. The van der Waals surface area contributed by atoms with Crippen LogP contribution in [0.25, 0.3) is 0 Å². The Morgan fingerprint density at radius 2 is 1.91 bits per heavy atom. The number of ether oxygens (including phenoxy) is 1. The van der Waals surface area contributed by atoms with Crippen LogP contribution >= 0.6 is 0 Å². The lowest BCUT2D eigenvalue weighted by Gasteiger charge is -2.21. The average molecular weight is 315 g/mol. The Hall–Kier alpha value is -2.36. The van der Waals surface area contributed by atoms with Gasteiger partial charge in [-0.05, 0) is 55.7 Å². The Morgan fingerprint density at radius 1 is 1.22 bits per heavy atom. The van der Waals surface area contributed by atoms with E-state index in [9.17, 15) is 9.18 Å². The summed E-state index contributed by atoms with van der Waals surface area (Å²) in [6.07, 6.45) is 0.00956. The van der Waals surface area contributed by atoms with Crippen LogP contribution in [-0.2, 0) is 4.79 Å². The molecule has 2 aromatic carbocycles. The molecule has 0 spiro atoms. The van der Waals surface area contributed by atoms with Gasteiger partial charge in [0.2, 0.25) is 0 Å². The lowest BCUT2D eigenvalue weighted by molar-refractivity contribution is -0.128. The van der Waals surface area contributed by atoms with Gasteiger partial charge in [0.05, 0.1) is 6.04 Å². The van der Waals surface area contributed by atoms with Crippen LogP contribution in [-0.4, -0.2) is 12.0 Å². The molecule has 1 amide bonds. The van der Waals surface area contributed by atoms with Crippen molar-refractivity contribution in [1.29, 1.82) is 0 Å². The van der Waals surface area contributed by atoms with E-state index in [4.69, 9.17) is 4.74 Å². The molecule has 2 atom stereocenters.